The molecule has 0 spiro atoms. The van der Waals surface area contributed by atoms with Gasteiger partial charge in [0.15, 0.2) is 6.61 Å². The van der Waals surface area contributed by atoms with E-state index in [1.165, 1.54) is 22.3 Å². The Morgan fingerprint density at radius 1 is 1.12 bits per heavy atom. The van der Waals surface area contributed by atoms with Gasteiger partial charge in [-0.2, -0.15) is 0 Å². The van der Waals surface area contributed by atoms with E-state index in [1.54, 1.807) is 0 Å². The molecule has 2 aromatic rings. The van der Waals surface area contributed by atoms with Crippen LogP contribution < -0.4 is 4.74 Å². The molecule has 2 rings (SSSR count). The molecule has 0 atom stereocenters. The average Bonchev–Trinajstić information content (AvgIpc) is 2.57. The second-order valence-corrected chi connectivity index (χ2v) is 7.33. The predicted molar refractivity (Wildman–Crippen MR) is 106 cm³/mol. The normalized spacial score (nSPS) is 11.0. The van der Waals surface area contributed by atoms with Crippen LogP contribution in [0, 0.1) is 13.8 Å². The number of aryl methyl sites for hydroxylation is 3. The van der Waals surface area contributed by atoms with Crippen LogP contribution in [0.15, 0.2) is 30.3 Å². The highest BCUT2D eigenvalue weighted by Crippen LogP contribution is 2.27. The molecule has 3 nitrogen and oxygen atoms in total. The molecule has 0 amide bonds. The van der Waals surface area contributed by atoms with Crippen molar-refractivity contribution < 1.29 is 14.6 Å². The second kappa shape index (κ2) is 8.88. The number of hydrogen-bond acceptors (Lipinski definition) is 2. The van der Waals surface area contributed by atoms with Gasteiger partial charge in [-0.1, -0.05) is 45.4 Å². The number of benzene rings is 2. The van der Waals surface area contributed by atoms with Crippen LogP contribution in [0.4, 0.5) is 0 Å². The molecule has 0 aliphatic carbocycles. The monoisotopic (exact) mass is 354 g/mol. The fourth-order valence-electron chi connectivity index (χ4n) is 3.45. The average molecular weight is 354 g/mol. The van der Waals surface area contributed by atoms with Crippen molar-refractivity contribution in [2.24, 2.45) is 0 Å². The quantitative estimate of drug-likeness (QED) is 0.687. The minimum absolute atomic E-state index is 0.311. The molecule has 0 bridgehead atoms. The maximum absolute atomic E-state index is 10.7. The Labute approximate surface area is 157 Å². The molecule has 0 heterocycles. The number of carbonyl (C=O) groups is 1. The molecule has 0 aromatic heterocycles. The van der Waals surface area contributed by atoms with Crippen molar-refractivity contribution >= 4 is 5.97 Å². The van der Waals surface area contributed by atoms with Crippen molar-refractivity contribution in [1.82, 2.24) is 0 Å². The molecule has 140 valence electrons. The lowest BCUT2D eigenvalue weighted by molar-refractivity contribution is -0.139. The largest absolute Gasteiger partial charge is 0.482 e. The Bertz CT molecular complexity index is 752. The molecule has 0 unspecified atom stereocenters. The van der Waals surface area contributed by atoms with Gasteiger partial charge in [-0.3, -0.25) is 0 Å². The van der Waals surface area contributed by atoms with Gasteiger partial charge in [0, 0.05) is 0 Å². The molecule has 0 saturated carbocycles. The van der Waals surface area contributed by atoms with Gasteiger partial charge >= 0.3 is 5.97 Å². The Kier molecular flexibility index (Phi) is 6.84. The van der Waals surface area contributed by atoms with Crippen molar-refractivity contribution in [2.45, 2.75) is 59.8 Å². The van der Waals surface area contributed by atoms with Gasteiger partial charge in [0.05, 0.1) is 0 Å². The van der Waals surface area contributed by atoms with Crippen molar-refractivity contribution in [3.63, 3.8) is 0 Å². The third kappa shape index (κ3) is 5.10. The van der Waals surface area contributed by atoms with Gasteiger partial charge in [-0.15, -0.1) is 0 Å². The van der Waals surface area contributed by atoms with E-state index in [0.717, 1.165) is 30.4 Å². The topological polar surface area (TPSA) is 46.5 Å². The summed E-state index contributed by atoms with van der Waals surface area (Å²) in [5.74, 6) is 0.176. The summed E-state index contributed by atoms with van der Waals surface area (Å²) in [5.41, 5.74) is 7.77. The second-order valence-electron chi connectivity index (χ2n) is 7.33. The molecular formula is C23H30O3. The number of aliphatic carboxylic acids is 1. The van der Waals surface area contributed by atoms with Crippen molar-refractivity contribution in [3.05, 3.63) is 63.7 Å². The van der Waals surface area contributed by atoms with Crippen LogP contribution in [-0.2, 0) is 17.6 Å². The summed E-state index contributed by atoms with van der Waals surface area (Å²) < 4.78 is 5.33. The van der Waals surface area contributed by atoms with E-state index in [0.29, 0.717) is 11.7 Å². The molecule has 1 N–H and O–H groups in total. The highest BCUT2D eigenvalue weighted by Gasteiger charge is 2.11. The fraction of sp³-hybridized carbons (Fsp3) is 0.435. The first-order chi connectivity index (χ1) is 12.3. The minimum Gasteiger partial charge on any atom is -0.482 e. The molecule has 0 radical (unpaired) electrons. The van der Waals surface area contributed by atoms with Crippen LogP contribution in [0.25, 0.3) is 0 Å². The molecule has 0 aliphatic heterocycles. The van der Waals surface area contributed by atoms with E-state index < -0.39 is 5.97 Å². The summed E-state index contributed by atoms with van der Waals surface area (Å²) in [7, 11) is 0. The zero-order chi connectivity index (χ0) is 19.3. The molecule has 0 saturated heterocycles. The van der Waals surface area contributed by atoms with E-state index in [-0.39, 0.29) is 6.61 Å². The summed E-state index contributed by atoms with van der Waals surface area (Å²) in [4.78, 5) is 10.7. The lowest BCUT2D eigenvalue weighted by atomic mass is 9.89. The van der Waals surface area contributed by atoms with E-state index in [9.17, 15) is 4.79 Å². The van der Waals surface area contributed by atoms with E-state index in [4.69, 9.17) is 9.84 Å². The zero-order valence-corrected chi connectivity index (χ0v) is 16.6. The molecule has 3 heteroatoms. The Hall–Kier alpha value is -2.29. The molecular weight excluding hydrogens is 324 g/mol. The lowest BCUT2D eigenvalue weighted by Crippen LogP contribution is -2.10. The molecule has 2 aromatic carbocycles. The first kappa shape index (κ1) is 20.0. The Morgan fingerprint density at radius 2 is 1.77 bits per heavy atom. The third-order valence-electron chi connectivity index (χ3n) is 4.76. The number of carboxylic acid groups (broad SMARTS) is 1. The number of carboxylic acids is 1. The van der Waals surface area contributed by atoms with Crippen molar-refractivity contribution in [1.29, 1.82) is 0 Å². The summed E-state index contributed by atoms with van der Waals surface area (Å²) in [6.07, 6.45) is 3.17. The first-order valence-electron chi connectivity index (χ1n) is 9.38. The minimum atomic E-state index is -0.960. The van der Waals surface area contributed by atoms with Crippen LogP contribution in [0.2, 0.25) is 0 Å². The van der Waals surface area contributed by atoms with Gasteiger partial charge in [-0.05, 0) is 78.1 Å². The van der Waals surface area contributed by atoms with Crippen LogP contribution in [0.3, 0.4) is 0 Å². The standard InChI is InChI=1S/C23H30O3/c1-6-7-19-9-8-18(12-21(19)15(2)3)13-22-16(4)10-20(11-17(22)5)26-14-23(24)25/h8-12,15H,6-7,13-14H2,1-5H3,(H,24,25). The summed E-state index contributed by atoms with van der Waals surface area (Å²) in [6.45, 7) is 10.5. The first-order valence-corrected chi connectivity index (χ1v) is 9.38. The number of rotatable bonds is 8. The van der Waals surface area contributed by atoms with Gasteiger partial charge < -0.3 is 9.84 Å². The molecule has 0 aliphatic rings. The fourth-order valence-corrected chi connectivity index (χ4v) is 3.45. The van der Waals surface area contributed by atoms with Crippen LogP contribution in [-0.4, -0.2) is 17.7 Å². The summed E-state index contributed by atoms with van der Waals surface area (Å²) in [5, 5.41) is 8.77. The smallest absolute Gasteiger partial charge is 0.341 e. The van der Waals surface area contributed by atoms with Gasteiger partial charge in [0.25, 0.3) is 0 Å². The van der Waals surface area contributed by atoms with Crippen LogP contribution in [0.5, 0.6) is 5.75 Å². The zero-order valence-electron chi connectivity index (χ0n) is 16.6. The number of hydrogen-bond donors (Lipinski definition) is 1. The lowest BCUT2D eigenvalue weighted by Gasteiger charge is -2.17. The maximum Gasteiger partial charge on any atom is 0.341 e. The molecule has 0 fully saturated rings. The SMILES string of the molecule is CCCc1ccc(Cc2c(C)cc(OCC(=O)O)cc2C)cc1C(C)C. The Balaban J connectivity index is 2.27. The number of ether oxygens (including phenoxy) is 1. The van der Waals surface area contributed by atoms with Crippen molar-refractivity contribution in [3.8, 4) is 5.75 Å². The van der Waals surface area contributed by atoms with Crippen LogP contribution >= 0.6 is 0 Å². The van der Waals surface area contributed by atoms with Crippen molar-refractivity contribution in [2.75, 3.05) is 6.61 Å². The van der Waals surface area contributed by atoms with E-state index in [2.05, 4.69) is 52.8 Å². The third-order valence-corrected chi connectivity index (χ3v) is 4.76. The van der Waals surface area contributed by atoms with Crippen LogP contribution in [0.1, 0.15) is 66.5 Å². The summed E-state index contributed by atoms with van der Waals surface area (Å²) in [6, 6.07) is 10.7. The molecule has 26 heavy (non-hydrogen) atoms. The van der Waals surface area contributed by atoms with Gasteiger partial charge in [0.1, 0.15) is 5.75 Å². The Morgan fingerprint density at radius 3 is 2.31 bits per heavy atom. The predicted octanol–water partition coefficient (Wildman–Crippen LogP) is 5.43. The van der Waals surface area contributed by atoms with Gasteiger partial charge in [0.2, 0.25) is 0 Å². The van der Waals surface area contributed by atoms with E-state index >= 15 is 0 Å². The van der Waals surface area contributed by atoms with E-state index in [1.807, 2.05) is 12.1 Å². The highest BCUT2D eigenvalue weighted by molar-refractivity contribution is 5.68. The highest BCUT2D eigenvalue weighted by atomic mass is 16.5. The summed E-state index contributed by atoms with van der Waals surface area (Å²) >= 11 is 0. The maximum atomic E-state index is 10.7. The van der Waals surface area contributed by atoms with Gasteiger partial charge in [-0.25, -0.2) is 4.79 Å².